The third kappa shape index (κ3) is 11.2. The summed E-state index contributed by atoms with van der Waals surface area (Å²) < 4.78 is 53.8. The van der Waals surface area contributed by atoms with Crippen molar-refractivity contribution in [2.45, 2.75) is 0 Å². The van der Waals surface area contributed by atoms with Gasteiger partial charge in [-0.25, -0.2) is 0 Å². The highest BCUT2D eigenvalue weighted by molar-refractivity contribution is 6.79. The normalized spacial score (nSPS) is 13.5. The average molecular weight is 1750 g/mol. The second kappa shape index (κ2) is 29.3. The van der Waals surface area contributed by atoms with Gasteiger partial charge in [-0.15, -0.1) is 0 Å². The molecule has 636 valence electrons. The molecule has 0 fully saturated rings. The van der Waals surface area contributed by atoms with Gasteiger partial charge in [0.15, 0.2) is 0 Å². The fourth-order valence-electron chi connectivity index (χ4n) is 22.9. The molecule has 0 bridgehead atoms. The number of aromatic nitrogens is 1. The quantitative estimate of drug-likeness (QED) is 0.157. The molecule has 33 rings (SSSR count). The van der Waals surface area contributed by atoms with Crippen molar-refractivity contribution in [1.82, 2.24) is 4.57 Å². The summed E-state index contributed by atoms with van der Waals surface area (Å²) in [6.45, 7) is 0. The lowest BCUT2D eigenvalue weighted by atomic mass is 9.64. The number of hydrogen-bond acceptors (Lipinski definition) is 12. The monoisotopic (exact) mass is 1750 g/mol. The molecule has 0 radical (unpaired) electrons. The van der Waals surface area contributed by atoms with Crippen molar-refractivity contribution >= 4 is 205 Å². The van der Waals surface area contributed by atoms with Gasteiger partial charge in [0, 0.05) is 133 Å². The summed E-state index contributed by atoms with van der Waals surface area (Å²) in [7, 11) is -0.769. The first-order chi connectivity index (χ1) is 68.0. The fourth-order valence-corrected chi connectivity index (χ4v) is 22.9. The minimum Gasteiger partial charge on any atom is -0.536 e. The molecular weight excluding hydrogens is 1680 g/mol. The molecule has 13 nitrogen and oxygen atoms in total. The van der Waals surface area contributed by atoms with E-state index in [0.717, 1.165) is 173 Å². The lowest BCUT2D eigenvalue weighted by Crippen LogP contribution is -2.50. The Morgan fingerprint density at radius 1 is 0.175 bits per heavy atom. The molecule has 0 saturated heterocycles. The minimum atomic E-state index is -0.250. The molecule has 0 unspecified atom stereocenters. The Kier molecular flexibility index (Phi) is 16.2. The van der Waals surface area contributed by atoms with Gasteiger partial charge in [0.05, 0.1) is 33.8 Å². The first kappa shape index (κ1) is 75.7. The Bertz CT molecular complexity index is 9390. The Morgan fingerprint density at radius 2 is 0.511 bits per heavy atom. The number of furan rings is 4. The van der Waals surface area contributed by atoms with Crippen LogP contribution in [0, 0.1) is 0 Å². The second-order valence-electron chi connectivity index (χ2n) is 36.1. The molecule has 13 heterocycles. The molecule has 0 spiro atoms. The highest BCUT2D eigenvalue weighted by Crippen LogP contribution is 2.57. The largest absolute Gasteiger partial charge is 0.536 e. The maximum atomic E-state index is 6.79. The molecule has 8 aliphatic heterocycles. The number of anilines is 8. The molecule has 0 aliphatic carbocycles. The Morgan fingerprint density at radius 3 is 1.01 bits per heavy atom. The average Bonchev–Trinajstić information content (AvgIpc) is 1.53. The highest BCUT2D eigenvalue weighted by atomic mass is 16.5. The predicted molar refractivity (Wildman–Crippen MR) is 560 cm³/mol. The van der Waals surface area contributed by atoms with Gasteiger partial charge < -0.3 is 60.1 Å². The molecule has 8 aliphatic rings. The Hall–Kier alpha value is -17.9. The third-order valence-corrected chi connectivity index (χ3v) is 28.8. The van der Waals surface area contributed by atoms with E-state index in [1.54, 1.807) is 0 Å². The summed E-state index contributed by atoms with van der Waals surface area (Å²) >= 11 is 0. The van der Waals surface area contributed by atoms with Crippen LogP contribution in [-0.2, 0) is 0 Å². The predicted octanol–water partition coefficient (Wildman–Crippen LogP) is 28.4. The first-order valence-corrected chi connectivity index (χ1v) is 46.6. The van der Waals surface area contributed by atoms with Crippen molar-refractivity contribution in [2.75, 3.05) is 19.2 Å². The molecule has 0 N–H and O–H groups in total. The molecule has 137 heavy (non-hydrogen) atoms. The van der Waals surface area contributed by atoms with E-state index in [1.807, 2.05) is 54.6 Å². The summed E-state index contributed by atoms with van der Waals surface area (Å²) in [6, 6.07) is 151. The number of benzene rings is 20. The van der Waals surface area contributed by atoms with Crippen LogP contribution in [0.4, 0.5) is 45.5 Å². The highest BCUT2D eigenvalue weighted by Gasteiger charge is 2.50. The molecule has 25 aromatic rings. The van der Waals surface area contributed by atoms with Crippen LogP contribution in [0.25, 0.3) is 182 Å². The first-order valence-electron chi connectivity index (χ1n) is 46.6. The standard InChI is InChI=1S/C36H21BN2O2.2C30H18BNO2.C24H14BNO2/c1-5-13-30-23(9-1)24-10-2-6-14-31(24)38(30)22-17-18-29-27(19-22)25-11-3-7-15-32(25)39-33-20-28-26-12-4-8-16-34(26)40-35(28)21-36(33)41-37(29)39;1-4-15-25-19(9-1)20-10-2-5-16-26(20)32-27-17-8-14-24(30(27)34-31(25)32)23-13-7-12-22-21-11-3-6-18-28(21)33-29(22)23;1-4-13-25-21(8-1)22-9-2-5-14-26(22)32-27-18-19(16-17-29(27)34-31(25)32)20-11-7-12-24-23-10-3-6-15-28(23)33-30(20)24;1-4-10-19-15(7-1)16-8-2-5-11-20(16)26-21-13-18-17-9-3-6-12-22(17)27-23(18)14-24(21)28-25(19)26/h1-21H;2*1-18H;1-14H. The topological polar surface area (TPSA) is 107 Å². The van der Waals surface area contributed by atoms with Gasteiger partial charge in [0.25, 0.3) is 0 Å². The van der Waals surface area contributed by atoms with E-state index < -0.39 is 0 Å². The Balaban J connectivity index is 0.0000000872. The van der Waals surface area contributed by atoms with Crippen LogP contribution in [0.2, 0.25) is 0 Å². The number of para-hydroxylation sites is 13. The van der Waals surface area contributed by atoms with E-state index in [9.17, 15) is 0 Å². The van der Waals surface area contributed by atoms with Crippen molar-refractivity contribution < 1.29 is 36.3 Å². The Labute approximate surface area is 786 Å². The zero-order chi connectivity index (χ0) is 89.3. The molecule has 5 aromatic heterocycles. The van der Waals surface area contributed by atoms with Crippen molar-refractivity contribution in [1.29, 1.82) is 0 Å². The zero-order valence-corrected chi connectivity index (χ0v) is 73.3. The maximum Gasteiger partial charge on any atom is 0.524 e. The second-order valence-corrected chi connectivity index (χ2v) is 36.1. The summed E-state index contributed by atoms with van der Waals surface area (Å²) in [5.41, 5.74) is 38.5. The van der Waals surface area contributed by atoms with Gasteiger partial charge in [0.2, 0.25) is 0 Å². The maximum absolute atomic E-state index is 6.79. The van der Waals surface area contributed by atoms with Crippen LogP contribution < -0.4 is 59.7 Å². The van der Waals surface area contributed by atoms with Gasteiger partial charge in [0.1, 0.15) is 67.7 Å². The number of rotatable bonds is 3. The van der Waals surface area contributed by atoms with Gasteiger partial charge in [-0.3, -0.25) is 0 Å². The van der Waals surface area contributed by atoms with Crippen molar-refractivity contribution in [2.24, 2.45) is 0 Å². The van der Waals surface area contributed by atoms with E-state index in [0.29, 0.717) is 0 Å². The van der Waals surface area contributed by atoms with E-state index in [4.69, 9.17) is 36.3 Å². The van der Waals surface area contributed by atoms with Crippen LogP contribution >= 0.6 is 0 Å². The summed E-state index contributed by atoms with van der Waals surface area (Å²) in [5, 5.41) is 11.5. The molecule has 0 amide bonds. The number of hydrogen-bond donors (Lipinski definition) is 0. The summed E-state index contributed by atoms with van der Waals surface area (Å²) in [6.07, 6.45) is 0. The number of fused-ring (bicyclic) bond motifs is 47. The van der Waals surface area contributed by atoms with E-state index in [1.165, 1.54) is 99.8 Å². The summed E-state index contributed by atoms with van der Waals surface area (Å²) in [4.78, 5) is 9.31. The van der Waals surface area contributed by atoms with Crippen LogP contribution in [0.5, 0.6) is 23.0 Å². The van der Waals surface area contributed by atoms with Crippen molar-refractivity contribution in [3.8, 4) is 95.4 Å². The molecular formula is C120H71B4N5O8. The molecule has 20 aromatic carbocycles. The van der Waals surface area contributed by atoms with Crippen LogP contribution in [0.1, 0.15) is 0 Å². The van der Waals surface area contributed by atoms with Crippen LogP contribution in [0.15, 0.2) is 448 Å². The third-order valence-electron chi connectivity index (χ3n) is 28.8. The fraction of sp³-hybridized carbons (Fsp3) is 0. The zero-order valence-electron chi connectivity index (χ0n) is 73.3. The summed E-state index contributed by atoms with van der Waals surface area (Å²) in [5.74, 6) is 3.50. The van der Waals surface area contributed by atoms with Crippen LogP contribution in [-0.4, -0.2) is 32.8 Å². The van der Waals surface area contributed by atoms with E-state index >= 15 is 0 Å². The smallest absolute Gasteiger partial charge is 0.524 e. The van der Waals surface area contributed by atoms with Gasteiger partial charge >= 0.3 is 28.2 Å². The van der Waals surface area contributed by atoms with Gasteiger partial charge in [-0.1, -0.05) is 315 Å². The van der Waals surface area contributed by atoms with Crippen LogP contribution in [0.3, 0.4) is 0 Å². The van der Waals surface area contributed by atoms with Crippen molar-refractivity contribution in [3.63, 3.8) is 0 Å². The number of nitrogens with zero attached hydrogens (tertiary/aromatic N) is 5. The molecule has 17 heteroatoms. The lowest BCUT2D eigenvalue weighted by Gasteiger charge is -2.31. The SMILES string of the molecule is c1ccc2c(c1)-c1cc(-n3c4ccccc4c4ccccc43)ccc1B1Oc3cc4oc5ccccc5c4cc3N12.c1ccc2c(c1)B1Oc3c(-c4cccc5c4oc4ccccc45)cccc3N1c1ccccc1-2.c1ccc2c(c1)B1Oc3cc4oc5ccccc5c4cc3N1c1ccccc1-2.c1ccc2c(c1)B1Oc3ccc(-c4cccc5c4oc4ccccc45)cc3N1c1ccccc1-2. The minimum absolute atomic E-state index is 0.154. The van der Waals surface area contributed by atoms with E-state index in [2.05, 4.69) is 400 Å². The lowest BCUT2D eigenvalue weighted by molar-refractivity contribution is 0.599. The van der Waals surface area contributed by atoms with Crippen molar-refractivity contribution in [3.05, 3.63) is 431 Å². The van der Waals surface area contributed by atoms with E-state index in [-0.39, 0.29) is 28.2 Å². The molecule has 0 saturated carbocycles. The molecule has 0 atom stereocenters. The van der Waals surface area contributed by atoms with Gasteiger partial charge in [-0.2, -0.15) is 0 Å². The van der Waals surface area contributed by atoms with Gasteiger partial charge in [-0.05, 0) is 153 Å².